The average molecular weight is 817 g/mol. The number of ether oxygens (including phenoxy) is 9. The summed E-state index contributed by atoms with van der Waals surface area (Å²) >= 11 is 0. The Balaban J connectivity index is 1.19. The summed E-state index contributed by atoms with van der Waals surface area (Å²) in [4.78, 5) is 73.7. The highest BCUT2D eigenvalue weighted by molar-refractivity contribution is 5.95. The van der Waals surface area contributed by atoms with Crippen LogP contribution in [0.1, 0.15) is 65.7 Å². The van der Waals surface area contributed by atoms with Crippen molar-refractivity contribution in [2.24, 2.45) is 11.8 Å². The van der Waals surface area contributed by atoms with Gasteiger partial charge in [-0.25, -0.2) is 19.2 Å². The van der Waals surface area contributed by atoms with E-state index in [0.717, 1.165) is 12.2 Å². The normalized spacial score (nSPS) is 14.5. The minimum atomic E-state index is -0.802. The van der Waals surface area contributed by atoms with Crippen LogP contribution in [0.4, 0.5) is 0 Å². The van der Waals surface area contributed by atoms with Crippen LogP contribution in [0.3, 0.4) is 0 Å². The first-order chi connectivity index (χ1) is 28.6. The zero-order chi connectivity index (χ0) is 42.4. The van der Waals surface area contributed by atoms with E-state index in [9.17, 15) is 28.8 Å². The van der Waals surface area contributed by atoms with Crippen molar-refractivity contribution in [1.82, 2.24) is 0 Å². The first-order valence-electron chi connectivity index (χ1n) is 19.1. The minimum Gasteiger partial charge on any atom is -0.494 e. The second kappa shape index (κ2) is 24.3. The third-order valence-electron chi connectivity index (χ3n) is 8.86. The predicted molar refractivity (Wildman–Crippen MR) is 210 cm³/mol. The maximum absolute atomic E-state index is 13.2. The highest BCUT2D eigenvalue weighted by Crippen LogP contribution is 2.33. The largest absolute Gasteiger partial charge is 0.494 e. The standard InChI is InChI=1S/C44H48O15/c1-4-39(45)55-25-7-6-24-53-33-15-13-32(14-16-33)42(48)58-36-21-22-38(37(29-36)44(50)51-3)59-43(49)31-11-9-30(10-12-31)41(47)57-35-19-17-34(18-20-35)54-26-8-23-52-27-28-56-40(46)5-2/h4-5,13-22,29-31H,1-2,6-12,23-28H2,3H3. The zero-order valence-electron chi connectivity index (χ0n) is 32.9. The highest BCUT2D eigenvalue weighted by atomic mass is 16.6. The molecule has 1 fully saturated rings. The monoisotopic (exact) mass is 816 g/mol. The van der Waals surface area contributed by atoms with Crippen molar-refractivity contribution in [3.63, 3.8) is 0 Å². The lowest BCUT2D eigenvalue weighted by atomic mass is 9.82. The van der Waals surface area contributed by atoms with Crippen LogP contribution in [0.25, 0.3) is 0 Å². The third-order valence-corrected chi connectivity index (χ3v) is 8.86. The SMILES string of the molecule is C=CC(=O)OCCCCOc1ccc(C(=O)Oc2ccc(OC(=O)C3CCC(C(=O)Oc4ccc(OCCCOCCOC(=O)C=C)cc4)CC3)c(C(=O)OC)c2)cc1. The molecule has 59 heavy (non-hydrogen) atoms. The molecule has 0 aromatic heterocycles. The number of hydrogen-bond acceptors (Lipinski definition) is 15. The second-order valence-electron chi connectivity index (χ2n) is 13.0. The van der Waals surface area contributed by atoms with Crippen LogP contribution in [0.15, 0.2) is 92.0 Å². The Morgan fingerprint density at radius 3 is 1.69 bits per heavy atom. The molecule has 0 N–H and O–H groups in total. The molecule has 0 spiro atoms. The van der Waals surface area contributed by atoms with Gasteiger partial charge >= 0.3 is 35.8 Å². The van der Waals surface area contributed by atoms with Gasteiger partial charge in [-0.2, -0.15) is 0 Å². The minimum absolute atomic E-state index is 0.0259. The molecule has 0 unspecified atom stereocenters. The summed E-state index contributed by atoms with van der Waals surface area (Å²) in [7, 11) is 1.17. The number of rotatable bonds is 23. The molecular formula is C44H48O15. The van der Waals surface area contributed by atoms with E-state index in [4.69, 9.17) is 42.6 Å². The summed E-state index contributed by atoms with van der Waals surface area (Å²) in [5, 5.41) is 0. The van der Waals surface area contributed by atoms with Crippen molar-refractivity contribution in [2.45, 2.75) is 44.9 Å². The van der Waals surface area contributed by atoms with Crippen LogP contribution in [0, 0.1) is 11.8 Å². The Morgan fingerprint density at radius 2 is 1.08 bits per heavy atom. The van der Waals surface area contributed by atoms with E-state index in [1.54, 1.807) is 36.4 Å². The molecule has 3 aromatic carbocycles. The van der Waals surface area contributed by atoms with Crippen molar-refractivity contribution in [3.05, 3.63) is 103 Å². The van der Waals surface area contributed by atoms with E-state index >= 15 is 0 Å². The van der Waals surface area contributed by atoms with Crippen LogP contribution in [0.2, 0.25) is 0 Å². The average Bonchev–Trinajstić information content (AvgIpc) is 3.26. The molecule has 15 heteroatoms. The van der Waals surface area contributed by atoms with E-state index in [0.29, 0.717) is 82.0 Å². The Morgan fingerprint density at radius 1 is 0.559 bits per heavy atom. The summed E-state index contributed by atoms with van der Waals surface area (Å²) in [6.07, 6.45) is 5.63. The molecule has 0 aliphatic heterocycles. The van der Waals surface area contributed by atoms with Crippen molar-refractivity contribution in [1.29, 1.82) is 0 Å². The van der Waals surface area contributed by atoms with Gasteiger partial charge in [0.05, 0.1) is 50.9 Å². The Hall–Kier alpha value is -6.48. The van der Waals surface area contributed by atoms with Gasteiger partial charge in [-0.05, 0) is 105 Å². The van der Waals surface area contributed by atoms with E-state index in [2.05, 4.69) is 13.2 Å². The van der Waals surface area contributed by atoms with Crippen LogP contribution < -0.4 is 23.7 Å². The van der Waals surface area contributed by atoms with Gasteiger partial charge in [-0.15, -0.1) is 0 Å². The third kappa shape index (κ3) is 15.4. The summed E-state index contributed by atoms with van der Waals surface area (Å²) in [5.74, 6) is -2.91. The predicted octanol–water partition coefficient (Wildman–Crippen LogP) is 6.41. The lowest BCUT2D eigenvalue weighted by Crippen LogP contribution is -2.30. The van der Waals surface area contributed by atoms with Crippen LogP contribution in [0.5, 0.6) is 28.7 Å². The van der Waals surface area contributed by atoms with E-state index < -0.39 is 47.7 Å². The van der Waals surface area contributed by atoms with E-state index in [1.807, 2.05) is 0 Å². The van der Waals surface area contributed by atoms with Gasteiger partial charge in [0.15, 0.2) is 0 Å². The number of esters is 6. The zero-order valence-corrected chi connectivity index (χ0v) is 32.9. The summed E-state index contributed by atoms with van der Waals surface area (Å²) in [6.45, 7) is 8.57. The molecule has 3 aromatic rings. The molecule has 0 radical (unpaired) electrons. The molecule has 0 amide bonds. The molecule has 1 saturated carbocycles. The number of unbranched alkanes of at least 4 members (excludes halogenated alkanes) is 1. The summed E-state index contributed by atoms with van der Waals surface area (Å²) < 4.78 is 48.1. The molecule has 0 saturated heterocycles. The molecular weight excluding hydrogens is 768 g/mol. The Bertz CT molecular complexity index is 1890. The lowest BCUT2D eigenvalue weighted by molar-refractivity contribution is -0.145. The van der Waals surface area contributed by atoms with E-state index in [-0.39, 0.29) is 42.4 Å². The van der Waals surface area contributed by atoms with Gasteiger partial charge in [0, 0.05) is 25.2 Å². The smallest absolute Gasteiger partial charge is 0.343 e. The van der Waals surface area contributed by atoms with Crippen LogP contribution in [-0.2, 0) is 38.1 Å². The van der Waals surface area contributed by atoms with Gasteiger partial charge in [-0.3, -0.25) is 9.59 Å². The second-order valence-corrected chi connectivity index (χ2v) is 13.0. The maximum atomic E-state index is 13.2. The molecule has 0 heterocycles. The molecule has 4 rings (SSSR count). The number of hydrogen-bond donors (Lipinski definition) is 0. The Kier molecular flexibility index (Phi) is 18.6. The van der Waals surface area contributed by atoms with Crippen LogP contribution in [-0.4, -0.2) is 82.6 Å². The van der Waals surface area contributed by atoms with Crippen molar-refractivity contribution < 1.29 is 71.4 Å². The molecule has 314 valence electrons. The number of carbonyl (C=O) groups is 6. The molecule has 0 bridgehead atoms. The first-order valence-corrected chi connectivity index (χ1v) is 19.1. The van der Waals surface area contributed by atoms with E-state index in [1.165, 1.54) is 37.4 Å². The Labute approximate surface area is 342 Å². The van der Waals surface area contributed by atoms with Gasteiger partial charge in [-0.1, -0.05) is 13.2 Å². The first kappa shape index (κ1) is 45.2. The van der Waals surface area contributed by atoms with Gasteiger partial charge in [0.1, 0.15) is 40.9 Å². The van der Waals surface area contributed by atoms with Gasteiger partial charge in [0.2, 0.25) is 0 Å². The number of carbonyl (C=O) groups excluding carboxylic acids is 6. The highest BCUT2D eigenvalue weighted by Gasteiger charge is 2.33. The quantitative estimate of drug-likeness (QED) is 0.0336. The van der Waals surface area contributed by atoms with Crippen molar-refractivity contribution in [2.75, 3.05) is 46.8 Å². The van der Waals surface area contributed by atoms with Crippen LogP contribution >= 0.6 is 0 Å². The van der Waals surface area contributed by atoms with Gasteiger partial charge in [0.25, 0.3) is 0 Å². The number of methoxy groups -OCH3 is 1. The molecule has 15 nitrogen and oxygen atoms in total. The fourth-order valence-corrected chi connectivity index (χ4v) is 5.68. The summed E-state index contributed by atoms with van der Waals surface area (Å²) in [6, 6.07) is 17.0. The molecule has 0 atom stereocenters. The number of benzene rings is 3. The fourth-order valence-electron chi connectivity index (χ4n) is 5.68. The summed E-state index contributed by atoms with van der Waals surface area (Å²) in [5.41, 5.74) is 0.113. The topological polar surface area (TPSA) is 185 Å². The maximum Gasteiger partial charge on any atom is 0.343 e. The van der Waals surface area contributed by atoms with Gasteiger partial charge < -0.3 is 42.6 Å². The lowest BCUT2D eigenvalue weighted by Gasteiger charge is -2.26. The fraction of sp³-hybridized carbons (Fsp3) is 0.364. The molecule has 1 aliphatic rings. The van der Waals surface area contributed by atoms with Crippen molar-refractivity contribution >= 4 is 35.8 Å². The molecule has 1 aliphatic carbocycles. The van der Waals surface area contributed by atoms with Crippen molar-refractivity contribution in [3.8, 4) is 28.7 Å².